The molecular formula is C36H44. The number of aryl methyl sites for hydroxylation is 5. The Balaban J connectivity index is 1.14. The van der Waals surface area contributed by atoms with Crippen molar-refractivity contribution >= 4 is 0 Å². The molecule has 0 aromatic heterocycles. The third kappa shape index (κ3) is 5.64. The minimum absolute atomic E-state index is 0.789. The van der Waals surface area contributed by atoms with Gasteiger partial charge in [-0.15, -0.1) is 0 Å². The molecule has 3 aliphatic rings. The van der Waals surface area contributed by atoms with Gasteiger partial charge in [-0.05, 0) is 147 Å². The molecule has 0 heterocycles. The van der Waals surface area contributed by atoms with Gasteiger partial charge in [-0.25, -0.2) is 0 Å². The second-order valence-corrected chi connectivity index (χ2v) is 12.4. The van der Waals surface area contributed by atoms with Gasteiger partial charge < -0.3 is 0 Å². The molecule has 3 aromatic carbocycles. The van der Waals surface area contributed by atoms with Gasteiger partial charge in [-0.2, -0.15) is 0 Å². The summed E-state index contributed by atoms with van der Waals surface area (Å²) in [5.41, 5.74) is 14.4. The van der Waals surface area contributed by atoms with Gasteiger partial charge in [0.05, 0.1) is 0 Å². The molecule has 0 saturated heterocycles. The van der Waals surface area contributed by atoms with E-state index >= 15 is 0 Å². The Kier molecular flexibility index (Phi) is 7.31. The average Bonchev–Trinajstić information content (AvgIpc) is 3.06. The minimum Gasteiger partial charge on any atom is -0.0590 e. The number of benzene rings is 3. The maximum absolute atomic E-state index is 2.61. The summed E-state index contributed by atoms with van der Waals surface area (Å²) < 4.78 is 0. The summed E-state index contributed by atoms with van der Waals surface area (Å²) in [6.45, 7) is 2.24. The summed E-state index contributed by atoms with van der Waals surface area (Å²) in [4.78, 5) is 0. The van der Waals surface area contributed by atoms with Gasteiger partial charge in [-0.3, -0.25) is 0 Å². The highest BCUT2D eigenvalue weighted by atomic mass is 14.3. The van der Waals surface area contributed by atoms with Crippen molar-refractivity contribution in [3.63, 3.8) is 0 Å². The molecule has 0 N–H and O–H groups in total. The number of fused-ring (bicyclic) bond motifs is 3. The van der Waals surface area contributed by atoms with Crippen LogP contribution in [0.2, 0.25) is 0 Å². The first-order chi connectivity index (χ1) is 17.7. The highest BCUT2D eigenvalue weighted by Gasteiger charge is 2.22. The van der Waals surface area contributed by atoms with Crippen LogP contribution in [0.25, 0.3) is 0 Å². The number of rotatable bonds is 4. The van der Waals surface area contributed by atoms with E-state index in [-0.39, 0.29) is 0 Å². The van der Waals surface area contributed by atoms with E-state index in [2.05, 4.69) is 61.5 Å². The lowest BCUT2D eigenvalue weighted by Crippen LogP contribution is -2.17. The molecule has 0 radical (unpaired) electrons. The Hall–Kier alpha value is -2.34. The molecular weight excluding hydrogens is 432 g/mol. The van der Waals surface area contributed by atoms with E-state index in [4.69, 9.17) is 0 Å². The van der Waals surface area contributed by atoms with E-state index < -0.39 is 0 Å². The van der Waals surface area contributed by atoms with Crippen LogP contribution in [0.4, 0.5) is 0 Å². The minimum atomic E-state index is 0.789. The van der Waals surface area contributed by atoms with Crippen LogP contribution in [0.1, 0.15) is 95.0 Å². The zero-order chi connectivity index (χ0) is 24.3. The molecule has 6 rings (SSSR count). The standard InChI is InChI=1S/C36H44/c1-26-11-15-33-18-14-29(24-35(33)19-26)21-30-13-17-32-10-6-7-27(23-36(32)25-30)20-28-12-16-31-8-4-2-3-5-9-34(31)22-28/h11-13,15-17,19,22,25,27,29H,2-10,14,18,20-21,23-24H2,1H3. The zero-order valence-corrected chi connectivity index (χ0v) is 22.5. The molecule has 0 fully saturated rings. The van der Waals surface area contributed by atoms with Crippen molar-refractivity contribution in [3.05, 3.63) is 105 Å². The van der Waals surface area contributed by atoms with Crippen molar-refractivity contribution in [1.29, 1.82) is 0 Å². The van der Waals surface area contributed by atoms with E-state index in [1.165, 1.54) is 102 Å². The lowest BCUT2D eigenvalue weighted by atomic mass is 9.80. The maximum atomic E-state index is 2.61. The highest BCUT2D eigenvalue weighted by molar-refractivity contribution is 5.37. The van der Waals surface area contributed by atoms with Crippen molar-refractivity contribution in [3.8, 4) is 0 Å². The highest BCUT2D eigenvalue weighted by Crippen LogP contribution is 2.32. The summed E-state index contributed by atoms with van der Waals surface area (Å²) in [6.07, 6.45) is 19.8. The van der Waals surface area contributed by atoms with Crippen molar-refractivity contribution in [1.82, 2.24) is 0 Å². The predicted octanol–water partition coefficient (Wildman–Crippen LogP) is 8.74. The molecule has 3 aromatic rings. The van der Waals surface area contributed by atoms with Gasteiger partial charge in [0.15, 0.2) is 0 Å². The normalized spacial score (nSPS) is 21.9. The Morgan fingerprint density at radius 2 is 1.06 bits per heavy atom. The Labute approximate surface area is 219 Å². The maximum Gasteiger partial charge on any atom is -0.0244 e. The molecule has 0 saturated carbocycles. The Bertz CT molecular complexity index is 1200. The van der Waals surface area contributed by atoms with E-state index in [9.17, 15) is 0 Å². The third-order valence-corrected chi connectivity index (χ3v) is 9.49. The lowest BCUT2D eigenvalue weighted by molar-refractivity contribution is 0.455. The molecule has 2 unspecified atom stereocenters. The van der Waals surface area contributed by atoms with Gasteiger partial charge in [0.25, 0.3) is 0 Å². The average molecular weight is 477 g/mol. The Morgan fingerprint density at radius 1 is 0.500 bits per heavy atom. The van der Waals surface area contributed by atoms with Crippen LogP contribution in [0.15, 0.2) is 54.6 Å². The lowest BCUT2D eigenvalue weighted by Gasteiger charge is -2.25. The first-order valence-electron chi connectivity index (χ1n) is 15.0. The van der Waals surface area contributed by atoms with E-state index in [1.807, 2.05) is 0 Å². The first kappa shape index (κ1) is 24.0. The molecule has 0 heteroatoms. The first-order valence-corrected chi connectivity index (χ1v) is 15.0. The third-order valence-electron chi connectivity index (χ3n) is 9.49. The SMILES string of the molecule is Cc1ccc2c(c1)CC(Cc1ccc3c(c1)CC(Cc1ccc4c(c1)CCCCCC4)CCC3)CC2. The fourth-order valence-corrected chi connectivity index (χ4v) is 7.48. The van der Waals surface area contributed by atoms with Gasteiger partial charge in [0.1, 0.15) is 0 Å². The fourth-order valence-electron chi connectivity index (χ4n) is 7.48. The van der Waals surface area contributed by atoms with Crippen molar-refractivity contribution in [2.75, 3.05) is 0 Å². The van der Waals surface area contributed by atoms with Gasteiger partial charge in [0.2, 0.25) is 0 Å². The number of hydrogen-bond donors (Lipinski definition) is 0. The summed E-state index contributed by atoms with van der Waals surface area (Å²) in [6, 6.07) is 22.2. The zero-order valence-electron chi connectivity index (χ0n) is 22.5. The molecule has 188 valence electrons. The van der Waals surface area contributed by atoms with Crippen molar-refractivity contribution < 1.29 is 0 Å². The predicted molar refractivity (Wildman–Crippen MR) is 153 cm³/mol. The molecule has 0 aliphatic heterocycles. The molecule has 2 atom stereocenters. The molecule has 0 bridgehead atoms. The quantitative estimate of drug-likeness (QED) is 0.330. The van der Waals surface area contributed by atoms with Crippen LogP contribution in [0.3, 0.4) is 0 Å². The smallest absolute Gasteiger partial charge is 0.0244 e. The molecule has 0 amide bonds. The van der Waals surface area contributed by atoms with Crippen LogP contribution < -0.4 is 0 Å². The monoisotopic (exact) mass is 476 g/mol. The van der Waals surface area contributed by atoms with E-state index in [1.54, 1.807) is 44.5 Å². The van der Waals surface area contributed by atoms with Gasteiger partial charge in [-0.1, -0.05) is 73.0 Å². The van der Waals surface area contributed by atoms with Crippen LogP contribution in [-0.4, -0.2) is 0 Å². The second-order valence-electron chi connectivity index (χ2n) is 12.4. The summed E-state index contributed by atoms with van der Waals surface area (Å²) in [7, 11) is 0. The van der Waals surface area contributed by atoms with Crippen molar-refractivity contribution in [2.45, 2.75) is 103 Å². The topological polar surface area (TPSA) is 0 Å². The molecule has 0 nitrogen and oxygen atoms in total. The van der Waals surface area contributed by atoms with E-state index in [0.29, 0.717) is 0 Å². The van der Waals surface area contributed by atoms with Crippen LogP contribution in [0.5, 0.6) is 0 Å². The summed E-state index contributed by atoms with van der Waals surface area (Å²) >= 11 is 0. The largest absolute Gasteiger partial charge is 0.0590 e. The van der Waals surface area contributed by atoms with Crippen LogP contribution in [0, 0.1) is 18.8 Å². The summed E-state index contributed by atoms with van der Waals surface area (Å²) in [5.74, 6) is 1.58. The molecule has 36 heavy (non-hydrogen) atoms. The van der Waals surface area contributed by atoms with E-state index in [0.717, 1.165) is 11.8 Å². The number of hydrogen-bond acceptors (Lipinski definition) is 0. The summed E-state index contributed by atoms with van der Waals surface area (Å²) in [5, 5.41) is 0. The van der Waals surface area contributed by atoms with Gasteiger partial charge in [0, 0.05) is 0 Å². The van der Waals surface area contributed by atoms with Crippen LogP contribution >= 0.6 is 0 Å². The van der Waals surface area contributed by atoms with Gasteiger partial charge >= 0.3 is 0 Å². The second kappa shape index (κ2) is 11.0. The Morgan fingerprint density at radius 3 is 1.83 bits per heavy atom. The molecule has 0 spiro atoms. The van der Waals surface area contributed by atoms with Crippen LogP contribution in [-0.2, 0) is 51.4 Å². The fraction of sp³-hybridized carbons (Fsp3) is 0.500. The van der Waals surface area contributed by atoms with Crippen molar-refractivity contribution in [2.24, 2.45) is 11.8 Å². The molecule has 3 aliphatic carbocycles.